The molecule has 0 bridgehead atoms. The molecule has 1 aromatic carbocycles. The van der Waals surface area contributed by atoms with Gasteiger partial charge in [-0.1, -0.05) is 19.4 Å². The SMILES string of the molecule is CCCC1CC1Nc1cccc(C#N)c1N. The van der Waals surface area contributed by atoms with E-state index in [1.54, 1.807) is 6.07 Å². The average Bonchev–Trinajstić information content (AvgIpc) is 3.00. The zero-order chi connectivity index (χ0) is 11.5. The average molecular weight is 215 g/mol. The Morgan fingerprint density at radius 1 is 1.56 bits per heavy atom. The topological polar surface area (TPSA) is 61.8 Å². The van der Waals surface area contributed by atoms with Crippen molar-refractivity contribution in [2.45, 2.75) is 32.2 Å². The molecule has 1 aliphatic carbocycles. The number of hydrogen-bond donors (Lipinski definition) is 2. The van der Waals surface area contributed by atoms with E-state index >= 15 is 0 Å². The molecule has 1 saturated carbocycles. The minimum absolute atomic E-state index is 0.552. The van der Waals surface area contributed by atoms with Gasteiger partial charge < -0.3 is 11.1 Å². The van der Waals surface area contributed by atoms with Crippen molar-refractivity contribution in [2.75, 3.05) is 11.1 Å². The van der Waals surface area contributed by atoms with Crippen molar-refractivity contribution in [3.63, 3.8) is 0 Å². The molecule has 3 N–H and O–H groups in total. The highest BCUT2D eigenvalue weighted by atomic mass is 15.0. The molecular formula is C13H17N3. The van der Waals surface area contributed by atoms with Crippen molar-refractivity contribution in [1.29, 1.82) is 5.26 Å². The Labute approximate surface area is 96.3 Å². The van der Waals surface area contributed by atoms with Gasteiger partial charge in [-0.25, -0.2) is 0 Å². The first kappa shape index (κ1) is 10.8. The number of nitrogens with zero attached hydrogens (tertiary/aromatic N) is 1. The molecule has 84 valence electrons. The molecule has 2 unspecified atom stereocenters. The molecule has 3 heteroatoms. The van der Waals surface area contributed by atoms with Crippen LogP contribution in [0.2, 0.25) is 0 Å². The smallest absolute Gasteiger partial charge is 0.101 e. The Morgan fingerprint density at radius 2 is 2.38 bits per heavy atom. The molecule has 1 aliphatic rings. The third kappa shape index (κ3) is 2.11. The summed E-state index contributed by atoms with van der Waals surface area (Å²) in [6.07, 6.45) is 3.73. The lowest BCUT2D eigenvalue weighted by molar-refractivity contribution is 0.693. The fourth-order valence-corrected chi connectivity index (χ4v) is 2.10. The van der Waals surface area contributed by atoms with Gasteiger partial charge in [-0.15, -0.1) is 0 Å². The molecular weight excluding hydrogens is 198 g/mol. The van der Waals surface area contributed by atoms with Gasteiger partial charge in [0, 0.05) is 6.04 Å². The monoisotopic (exact) mass is 215 g/mol. The largest absolute Gasteiger partial charge is 0.396 e. The van der Waals surface area contributed by atoms with Crippen LogP contribution in [0.4, 0.5) is 11.4 Å². The van der Waals surface area contributed by atoms with Crippen molar-refractivity contribution < 1.29 is 0 Å². The summed E-state index contributed by atoms with van der Waals surface area (Å²) in [5.41, 5.74) is 7.94. The zero-order valence-corrected chi connectivity index (χ0v) is 9.53. The third-order valence-corrected chi connectivity index (χ3v) is 3.15. The zero-order valence-electron chi connectivity index (χ0n) is 9.53. The van der Waals surface area contributed by atoms with Gasteiger partial charge in [0.25, 0.3) is 0 Å². The summed E-state index contributed by atoms with van der Waals surface area (Å²) in [6.45, 7) is 2.21. The highest BCUT2D eigenvalue weighted by Gasteiger charge is 2.36. The number of para-hydroxylation sites is 1. The lowest BCUT2D eigenvalue weighted by Gasteiger charge is -2.09. The maximum Gasteiger partial charge on any atom is 0.101 e. The fraction of sp³-hybridized carbons (Fsp3) is 0.462. The summed E-state index contributed by atoms with van der Waals surface area (Å²) < 4.78 is 0. The van der Waals surface area contributed by atoms with Crippen LogP contribution in [-0.4, -0.2) is 6.04 Å². The summed E-state index contributed by atoms with van der Waals surface area (Å²) in [6, 6.07) is 8.21. The second-order valence-corrected chi connectivity index (χ2v) is 4.41. The van der Waals surface area contributed by atoms with Crippen molar-refractivity contribution in [1.82, 2.24) is 0 Å². The summed E-state index contributed by atoms with van der Waals surface area (Å²) >= 11 is 0. The molecule has 3 nitrogen and oxygen atoms in total. The van der Waals surface area contributed by atoms with E-state index in [1.807, 2.05) is 12.1 Å². The van der Waals surface area contributed by atoms with Crippen molar-refractivity contribution in [3.8, 4) is 6.07 Å². The van der Waals surface area contributed by atoms with E-state index in [0.29, 0.717) is 17.3 Å². The van der Waals surface area contributed by atoms with Crippen LogP contribution in [0, 0.1) is 17.2 Å². The van der Waals surface area contributed by atoms with Gasteiger partial charge in [0.05, 0.1) is 16.9 Å². The van der Waals surface area contributed by atoms with Gasteiger partial charge >= 0.3 is 0 Å². The minimum atomic E-state index is 0.552. The number of anilines is 2. The molecule has 0 amide bonds. The van der Waals surface area contributed by atoms with E-state index in [4.69, 9.17) is 11.0 Å². The number of nitrogens with one attached hydrogen (secondary N) is 1. The quantitative estimate of drug-likeness (QED) is 0.759. The number of benzene rings is 1. The van der Waals surface area contributed by atoms with Gasteiger partial charge in [0.15, 0.2) is 0 Å². The lowest BCUT2D eigenvalue weighted by atomic mass is 10.1. The standard InChI is InChI=1S/C13H17N3/c1-2-4-9-7-12(9)16-11-6-3-5-10(8-14)13(11)15/h3,5-6,9,12,16H,2,4,7,15H2,1H3. The number of nitrogens with two attached hydrogens (primary N) is 1. The normalized spacial score (nSPS) is 22.5. The maximum atomic E-state index is 8.87. The first-order chi connectivity index (χ1) is 7.76. The molecule has 16 heavy (non-hydrogen) atoms. The molecule has 1 aromatic rings. The highest BCUT2D eigenvalue weighted by molar-refractivity contribution is 5.73. The van der Waals surface area contributed by atoms with Crippen molar-refractivity contribution >= 4 is 11.4 Å². The molecule has 1 fully saturated rings. The van der Waals surface area contributed by atoms with Crippen LogP contribution in [0.5, 0.6) is 0 Å². The second kappa shape index (κ2) is 4.44. The van der Waals surface area contributed by atoms with Crippen LogP contribution < -0.4 is 11.1 Å². The number of nitriles is 1. The Balaban J connectivity index is 2.04. The molecule has 0 saturated heterocycles. The molecule has 0 aliphatic heterocycles. The van der Waals surface area contributed by atoms with Crippen LogP contribution in [0.3, 0.4) is 0 Å². The van der Waals surface area contributed by atoms with E-state index < -0.39 is 0 Å². The van der Waals surface area contributed by atoms with Crippen molar-refractivity contribution in [2.24, 2.45) is 5.92 Å². The maximum absolute atomic E-state index is 8.87. The Bertz CT molecular complexity index is 420. The molecule has 0 heterocycles. The van der Waals surface area contributed by atoms with Crippen LogP contribution in [0.1, 0.15) is 31.7 Å². The summed E-state index contributed by atoms with van der Waals surface area (Å²) in [7, 11) is 0. The fourth-order valence-electron chi connectivity index (χ4n) is 2.10. The molecule has 2 atom stereocenters. The summed E-state index contributed by atoms with van der Waals surface area (Å²) in [5, 5.41) is 12.3. The van der Waals surface area contributed by atoms with E-state index in [9.17, 15) is 0 Å². The van der Waals surface area contributed by atoms with Crippen LogP contribution in [0.25, 0.3) is 0 Å². The Hall–Kier alpha value is -1.69. The molecule has 0 radical (unpaired) electrons. The van der Waals surface area contributed by atoms with Crippen molar-refractivity contribution in [3.05, 3.63) is 23.8 Å². The van der Waals surface area contributed by atoms with Gasteiger partial charge in [-0.05, 0) is 30.9 Å². The predicted octanol–water partition coefficient (Wildman–Crippen LogP) is 2.74. The molecule has 2 rings (SSSR count). The Morgan fingerprint density at radius 3 is 3.06 bits per heavy atom. The summed E-state index contributed by atoms with van der Waals surface area (Å²) in [4.78, 5) is 0. The minimum Gasteiger partial charge on any atom is -0.396 e. The highest BCUT2D eigenvalue weighted by Crippen LogP contribution is 2.38. The molecule has 0 aromatic heterocycles. The van der Waals surface area contributed by atoms with Crippen LogP contribution in [0.15, 0.2) is 18.2 Å². The number of rotatable bonds is 4. The van der Waals surface area contributed by atoms with Gasteiger partial charge in [0.2, 0.25) is 0 Å². The third-order valence-electron chi connectivity index (χ3n) is 3.15. The predicted molar refractivity (Wildman–Crippen MR) is 66.0 cm³/mol. The van der Waals surface area contributed by atoms with Crippen LogP contribution in [-0.2, 0) is 0 Å². The second-order valence-electron chi connectivity index (χ2n) is 4.41. The first-order valence-corrected chi connectivity index (χ1v) is 5.81. The van der Waals surface area contributed by atoms with E-state index in [-0.39, 0.29) is 0 Å². The molecule has 0 spiro atoms. The van der Waals surface area contributed by atoms with Gasteiger partial charge in [-0.3, -0.25) is 0 Å². The summed E-state index contributed by atoms with van der Waals surface area (Å²) in [5.74, 6) is 0.787. The van der Waals surface area contributed by atoms with E-state index in [1.165, 1.54) is 19.3 Å². The van der Waals surface area contributed by atoms with E-state index in [2.05, 4.69) is 18.3 Å². The first-order valence-electron chi connectivity index (χ1n) is 5.81. The Kier molecular flexibility index (Phi) is 3.00. The van der Waals surface area contributed by atoms with Crippen LogP contribution >= 0.6 is 0 Å². The van der Waals surface area contributed by atoms with E-state index in [0.717, 1.165) is 11.6 Å². The lowest BCUT2D eigenvalue weighted by Crippen LogP contribution is -2.07. The van der Waals surface area contributed by atoms with Gasteiger partial charge in [0.1, 0.15) is 6.07 Å². The number of nitrogen functional groups attached to an aromatic ring is 1. The van der Waals surface area contributed by atoms with Gasteiger partial charge in [-0.2, -0.15) is 5.26 Å². The number of hydrogen-bond acceptors (Lipinski definition) is 3.